The van der Waals surface area contributed by atoms with Gasteiger partial charge in [0.15, 0.2) is 6.10 Å². The van der Waals surface area contributed by atoms with Gasteiger partial charge in [0.1, 0.15) is 0 Å². The van der Waals surface area contributed by atoms with Crippen molar-refractivity contribution in [3.63, 3.8) is 0 Å². The molecule has 3 N–H and O–H groups in total. The fourth-order valence-corrected chi connectivity index (χ4v) is 1.52. The molecule has 0 heterocycles. The number of benzene rings is 1. The Kier molecular flexibility index (Phi) is 4.76. The van der Waals surface area contributed by atoms with Crippen LogP contribution in [0.15, 0.2) is 18.2 Å². The van der Waals surface area contributed by atoms with Crippen molar-refractivity contribution >= 4 is 17.6 Å². The molecule has 1 unspecified atom stereocenters. The highest BCUT2D eigenvalue weighted by Crippen LogP contribution is 2.14. The lowest BCUT2D eigenvalue weighted by atomic mass is 10.1. The van der Waals surface area contributed by atoms with E-state index >= 15 is 0 Å². The zero-order valence-corrected chi connectivity index (χ0v) is 12.6. The Bertz CT molecular complexity index is 518. The summed E-state index contributed by atoms with van der Waals surface area (Å²) in [5, 5.41) is 2.76. The molecule has 1 aromatic carbocycles. The fraction of sp³-hybridized carbons (Fsp3) is 0.467. The van der Waals surface area contributed by atoms with Crippen LogP contribution >= 0.6 is 0 Å². The Morgan fingerprint density at radius 3 is 2.40 bits per heavy atom. The summed E-state index contributed by atoms with van der Waals surface area (Å²) in [5.41, 5.74) is 7.12. The highest BCUT2D eigenvalue weighted by molar-refractivity contribution is 5.93. The second-order valence-electron chi connectivity index (χ2n) is 5.86. The number of hydrogen-bond donors (Lipinski definition) is 2. The molecule has 20 heavy (non-hydrogen) atoms. The monoisotopic (exact) mass is 278 g/mol. The number of nitrogens with two attached hydrogens (primary N) is 1. The molecule has 0 aromatic heterocycles. The van der Waals surface area contributed by atoms with Gasteiger partial charge in [-0.25, -0.2) is 4.79 Å². The standard InChI is InChI=1S/C15H22N2O3/c1-9-6-7-11(8-12(9)16)14(19)20-10(2)13(18)17-15(3,4)5/h6-8,10H,16H2,1-5H3,(H,17,18). The number of nitrogens with one attached hydrogen (secondary N) is 1. The zero-order valence-electron chi connectivity index (χ0n) is 12.6. The van der Waals surface area contributed by atoms with Crippen LogP contribution < -0.4 is 11.1 Å². The Labute approximate surface area is 119 Å². The van der Waals surface area contributed by atoms with Crippen molar-refractivity contribution < 1.29 is 14.3 Å². The summed E-state index contributed by atoms with van der Waals surface area (Å²) in [4.78, 5) is 23.8. The van der Waals surface area contributed by atoms with Gasteiger partial charge in [-0.05, 0) is 52.3 Å². The van der Waals surface area contributed by atoms with E-state index in [4.69, 9.17) is 10.5 Å². The molecule has 0 aliphatic heterocycles. The van der Waals surface area contributed by atoms with Gasteiger partial charge in [0.05, 0.1) is 5.56 Å². The molecule has 1 rings (SSSR count). The van der Waals surface area contributed by atoms with E-state index in [1.54, 1.807) is 18.2 Å². The van der Waals surface area contributed by atoms with Gasteiger partial charge in [-0.1, -0.05) is 6.07 Å². The summed E-state index contributed by atoms with van der Waals surface area (Å²) in [6, 6.07) is 4.92. The third-order valence-corrected chi connectivity index (χ3v) is 2.67. The van der Waals surface area contributed by atoms with Crippen LogP contribution in [-0.4, -0.2) is 23.5 Å². The molecule has 0 bridgehead atoms. The van der Waals surface area contributed by atoms with E-state index < -0.39 is 12.1 Å². The first-order valence-corrected chi connectivity index (χ1v) is 6.49. The Balaban J connectivity index is 2.70. The zero-order chi connectivity index (χ0) is 15.5. The third-order valence-electron chi connectivity index (χ3n) is 2.67. The van der Waals surface area contributed by atoms with Crippen LogP contribution in [0.4, 0.5) is 5.69 Å². The highest BCUT2D eigenvalue weighted by Gasteiger charge is 2.23. The van der Waals surface area contributed by atoms with Gasteiger partial charge in [-0.3, -0.25) is 4.79 Å². The molecule has 0 spiro atoms. The average molecular weight is 278 g/mol. The molecule has 1 amide bonds. The van der Waals surface area contributed by atoms with E-state index in [-0.39, 0.29) is 11.4 Å². The van der Waals surface area contributed by atoms with Gasteiger partial charge in [0, 0.05) is 11.2 Å². The van der Waals surface area contributed by atoms with Crippen LogP contribution in [-0.2, 0) is 9.53 Å². The van der Waals surface area contributed by atoms with Crippen molar-refractivity contribution in [2.75, 3.05) is 5.73 Å². The average Bonchev–Trinajstić information content (AvgIpc) is 2.30. The normalized spacial score (nSPS) is 12.7. The number of carbonyl (C=O) groups excluding carboxylic acids is 2. The van der Waals surface area contributed by atoms with Gasteiger partial charge in [0.25, 0.3) is 5.91 Å². The van der Waals surface area contributed by atoms with E-state index in [0.717, 1.165) is 5.56 Å². The first-order chi connectivity index (χ1) is 9.10. The van der Waals surface area contributed by atoms with Crippen molar-refractivity contribution in [3.05, 3.63) is 29.3 Å². The lowest BCUT2D eigenvalue weighted by Gasteiger charge is -2.23. The number of ether oxygens (including phenoxy) is 1. The maximum absolute atomic E-state index is 11.9. The summed E-state index contributed by atoms with van der Waals surface area (Å²) in [6.45, 7) is 8.97. The number of esters is 1. The molecule has 0 aliphatic rings. The lowest BCUT2D eigenvalue weighted by molar-refractivity contribution is -0.130. The molecule has 0 saturated carbocycles. The minimum absolute atomic E-state index is 0.328. The first-order valence-electron chi connectivity index (χ1n) is 6.49. The number of carbonyl (C=O) groups is 2. The quantitative estimate of drug-likeness (QED) is 0.655. The number of aryl methyl sites for hydroxylation is 1. The molecular weight excluding hydrogens is 256 g/mol. The molecule has 0 aliphatic carbocycles. The maximum atomic E-state index is 11.9. The van der Waals surface area contributed by atoms with Crippen molar-refractivity contribution in [1.82, 2.24) is 5.32 Å². The van der Waals surface area contributed by atoms with E-state index in [1.165, 1.54) is 6.92 Å². The van der Waals surface area contributed by atoms with Crippen LogP contribution in [0.3, 0.4) is 0 Å². The summed E-state index contributed by atoms with van der Waals surface area (Å²) in [6.07, 6.45) is -0.857. The number of anilines is 1. The largest absolute Gasteiger partial charge is 0.449 e. The van der Waals surface area contributed by atoms with E-state index in [0.29, 0.717) is 11.3 Å². The molecular formula is C15H22N2O3. The van der Waals surface area contributed by atoms with Crippen molar-refractivity contribution in [2.45, 2.75) is 46.3 Å². The van der Waals surface area contributed by atoms with Gasteiger partial charge in [0.2, 0.25) is 0 Å². The number of hydrogen-bond acceptors (Lipinski definition) is 4. The summed E-state index contributed by atoms with van der Waals surface area (Å²) in [5.74, 6) is -0.890. The molecule has 1 aromatic rings. The predicted octanol–water partition coefficient (Wildman–Crippen LogP) is 2.04. The van der Waals surface area contributed by atoms with E-state index in [1.807, 2.05) is 27.7 Å². The SMILES string of the molecule is Cc1ccc(C(=O)OC(C)C(=O)NC(C)(C)C)cc1N. The van der Waals surface area contributed by atoms with Crippen LogP contribution in [0.2, 0.25) is 0 Å². The van der Waals surface area contributed by atoms with Crippen LogP contribution in [0.1, 0.15) is 43.6 Å². The highest BCUT2D eigenvalue weighted by atomic mass is 16.5. The number of rotatable bonds is 3. The molecule has 1 atom stereocenters. The molecule has 5 nitrogen and oxygen atoms in total. The molecule has 0 fully saturated rings. The number of amides is 1. The van der Waals surface area contributed by atoms with Gasteiger partial charge >= 0.3 is 5.97 Å². The molecule has 0 radical (unpaired) electrons. The Morgan fingerprint density at radius 1 is 1.30 bits per heavy atom. The molecule has 0 saturated heterocycles. The topological polar surface area (TPSA) is 81.4 Å². The fourth-order valence-electron chi connectivity index (χ4n) is 1.52. The minimum Gasteiger partial charge on any atom is -0.449 e. The smallest absolute Gasteiger partial charge is 0.338 e. The van der Waals surface area contributed by atoms with Crippen LogP contribution in [0, 0.1) is 6.92 Å². The van der Waals surface area contributed by atoms with Gasteiger partial charge in [-0.2, -0.15) is 0 Å². The Hall–Kier alpha value is -2.04. The van der Waals surface area contributed by atoms with E-state index in [2.05, 4.69) is 5.32 Å². The summed E-state index contributed by atoms with van der Waals surface area (Å²) < 4.78 is 5.13. The summed E-state index contributed by atoms with van der Waals surface area (Å²) in [7, 11) is 0. The van der Waals surface area contributed by atoms with Crippen molar-refractivity contribution in [2.24, 2.45) is 0 Å². The van der Waals surface area contributed by atoms with Crippen LogP contribution in [0.25, 0.3) is 0 Å². The predicted molar refractivity (Wildman–Crippen MR) is 78.4 cm³/mol. The van der Waals surface area contributed by atoms with Crippen molar-refractivity contribution in [1.29, 1.82) is 0 Å². The van der Waals surface area contributed by atoms with Gasteiger partial charge < -0.3 is 15.8 Å². The van der Waals surface area contributed by atoms with Crippen LogP contribution in [0.5, 0.6) is 0 Å². The molecule has 110 valence electrons. The van der Waals surface area contributed by atoms with Gasteiger partial charge in [-0.15, -0.1) is 0 Å². The second-order valence-corrected chi connectivity index (χ2v) is 5.86. The maximum Gasteiger partial charge on any atom is 0.338 e. The Morgan fingerprint density at radius 2 is 1.90 bits per heavy atom. The second kappa shape index (κ2) is 5.94. The first kappa shape index (κ1) is 16.0. The molecule has 5 heteroatoms. The third kappa shape index (κ3) is 4.57. The summed E-state index contributed by atoms with van der Waals surface area (Å²) >= 11 is 0. The van der Waals surface area contributed by atoms with E-state index in [9.17, 15) is 9.59 Å². The minimum atomic E-state index is -0.857. The van der Waals surface area contributed by atoms with Crippen molar-refractivity contribution in [3.8, 4) is 0 Å². The lowest BCUT2D eigenvalue weighted by Crippen LogP contribution is -2.46. The number of nitrogen functional groups attached to an aromatic ring is 1.